The highest BCUT2D eigenvalue weighted by atomic mass is 19.1. The predicted molar refractivity (Wildman–Crippen MR) is 83.7 cm³/mol. The molecular formula is C17H17FN2O2. The van der Waals surface area contributed by atoms with Gasteiger partial charge in [-0.3, -0.25) is 4.79 Å². The van der Waals surface area contributed by atoms with Crippen molar-refractivity contribution in [2.24, 2.45) is 5.10 Å². The van der Waals surface area contributed by atoms with Crippen LogP contribution in [0.25, 0.3) is 0 Å². The molecule has 0 spiro atoms. The van der Waals surface area contributed by atoms with Crippen LogP contribution in [0.15, 0.2) is 53.6 Å². The van der Waals surface area contributed by atoms with Crippen LogP contribution in [0.3, 0.4) is 0 Å². The zero-order valence-electron chi connectivity index (χ0n) is 12.4. The summed E-state index contributed by atoms with van der Waals surface area (Å²) in [7, 11) is 0. The maximum Gasteiger partial charge on any atom is 0.271 e. The molecule has 1 amide bonds. The van der Waals surface area contributed by atoms with Gasteiger partial charge in [-0.25, -0.2) is 9.82 Å². The quantitative estimate of drug-likeness (QED) is 0.680. The number of ether oxygens (including phenoxy) is 1. The van der Waals surface area contributed by atoms with Crippen molar-refractivity contribution in [3.05, 3.63) is 65.5 Å². The summed E-state index contributed by atoms with van der Waals surface area (Å²) < 4.78 is 18.9. The van der Waals surface area contributed by atoms with Crippen LogP contribution in [0, 0.1) is 5.82 Å². The standard InChI is InChI=1S/C17H17FN2O2/c1-12(2)22-15-9-7-13(8-10-15)17(21)20-19-11-14-5-3-4-6-16(14)18/h3-12H,1-2H3,(H,20,21)/b19-11-. The van der Waals surface area contributed by atoms with Gasteiger partial charge in [-0.1, -0.05) is 18.2 Å². The first-order valence-corrected chi connectivity index (χ1v) is 6.91. The van der Waals surface area contributed by atoms with Crippen molar-refractivity contribution in [3.8, 4) is 5.75 Å². The summed E-state index contributed by atoms with van der Waals surface area (Å²) in [5.74, 6) is -0.0687. The fraction of sp³-hybridized carbons (Fsp3) is 0.176. The molecule has 2 rings (SSSR count). The number of amides is 1. The smallest absolute Gasteiger partial charge is 0.271 e. The molecule has 0 aliphatic heterocycles. The van der Waals surface area contributed by atoms with E-state index in [1.54, 1.807) is 42.5 Å². The molecule has 0 saturated carbocycles. The summed E-state index contributed by atoms with van der Waals surface area (Å²) in [6.07, 6.45) is 1.34. The third-order valence-electron chi connectivity index (χ3n) is 2.76. The lowest BCUT2D eigenvalue weighted by Crippen LogP contribution is -2.17. The molecule has 0 radical (unpaired) electrons. The van der Waals surface area contributed by atoms with Crippen LogP contribution < -0.4 is 10.2 Å². The maximum absolute atomic E-state index is 13.4. The van der Waals surface area contributed by atoms with Crippen LogP contribution in [0.1, 0.15) is 29.8 Å². The molecule has 0 atom stereocenters. The lowest BCUT2D eigenvalue weighted by atomic mass is 10.2. The number of rotatable bonds is 5. The van der Waals surface area contributed by atoms with Gasteiger partial charge >= 0.3 is 0 Å². The van der Waals surface area contributed by atoms with Crippen LogP contribution in [-0.4, -0.2) is 18.2 Å². The van der Waals surface area contributed by atoms with Crippen LogP contribution in [0.4, 0.5) is 4.39 Å². The van der Waals surface area contributed by atoms with Crippen LogP contribution >= 0.6 is 0 Å². The summed E-state index contributed by atoms with van der Waals surface area (Å²) in [6.45, 7) is 3.86. The Hall–Kier alpha value is -2.69. The van der Waals surface area contributed by atoms with E-state index >= 15 is 0 Å². The summed E-state index contributed by atoms with van der Waals surface area (Å²) in [4.78, 5) is 11.9. The van der Waals surface area contributed by atoms with E-state index in [2.05, 4.69) is 10.5 Å². The largest absolute Gasteiger partial charge is 0.491 e. The third-order valence-corrected chi connectivity index (χ3v) is 2.76. The minimum atomic E-state index is -0.393. The molecule has 2 aromatic carbocycles. The average Bonchev–Trinajstić information content (AvgIpc) is 2.49. The number of carbonyl (C=O) groups is 1. The molecule has 0 unspecified atom stereocenters. The highest BCUT2D eigenvalue weighted by Gasteiger charge is 2.05. The SMILES string of the molecule is CC(C)Oc1ccc(C(=O)N/N=C\c2ccccc2F)cc1. The topological polar surface area (TPSA) is 50.7 Å². The van der Waals surface area contributed by atoms with E-state index in [1.165, 1.54) is 12.3 Å². The Balaban J connectivity index is 1.96. The fourth-order valence-electron chi connectivity index (χ4n) is 1.76. The molecule has 4 nitrogen and oxygen atoms in total. The van der Waals surface area contributed by atoms with Gasteiger partial charge in [-0.2, -0.15) is 5.10 Å². The summed E-state index contributed by atoms with van der Waals surface area (Å²) in [5, 5.41) is 3.75. The summed E-state index contributed by atoms with van der Waals surface area (Å²) in [5.41, 5.74) is 3.11. The van der Waals surface area contributed by atoms with Gasteiger partial charge in [0.2, 0.25) is 0 Å². The first-order chi connectivity index (χ1) is 10.6. The Morgan fingerprint density at radius 3 is 2.50 bits per heavy atom. The monoisotopic (exact) mass is 300 g/mol. The number of nitrogens with one attached hydrogen (secondary N) is 1. The summed E-state index contributed by atoms with van der Waals surface area (Å²) in [6, 6.07) is 12.9. The van der Waals surface area contributed by atoms with E-state index in [9.17, 15) is 9.18 Å². The lowest BCUT2D eigenvalue weighted by Gasteiger charge is -2.09. The molecule has 2 aromatic rings. The molecule has 0 aliphatic rings. The molecule has 0 bridgehead atoms. The molecule has 114 valence electrons. The van der Waals surface area contributed by atoms with E-state index in [0.717, 1.165) is 0 Å². The van der Waals surface area contributed by atoms with Crippen LogP contribution in [-0.2, 0) is 0 Å². The zero-order valence-corrected chi connectivity index (χ0v) is 12.4. The van der Waals surface area contributed by atoms with Crippen molar-refractivity contribution in [3.63, 3.8) is 0 Å². The van der Waals surface area contributed by atoms with Gasteiger partial charge in [0.05, 0.1) is 12.3 Å². The molecule has 22 heavy (non-hydrogen) atoms. The number of benzene rings is 2. The van der Waals surface area contributed by atoms with Crippen molar-refractivity contribution in [2.45, 2.75) is 20.0 Å². The molecule has 0 aromatic heterocycles. The molecule has 5 heteroatoms. The van der Waals surface area contributed by atoms with Crippen molar-refractivity contribution >= 4 is 12.1 Å². The average molecular weight is 300 g/mol. The Morgan fingerprint density at radius 2 is 1.86 bits per heavy atom. The number of carbonyl (C=O) groups excluding carboxylic acids is 1. The van der Waals surface area contributed by atoms with E-state index in [1.807, 2.05) is 13.8 Å². The second kappa shape index (κ2) is 7.36. The number of hydrazone groups is 1. The first-order valence-electron chi connectivity index (χ1n) is 6.91. The van der Waals surface area contributed by atoms with Gasteiger partial charge in [0.15, 0.2) is 0 Å². The predicted octanol–water partition coefficient (Wildman–Crippen LogP) is 3.38. The van der Waals surface area contributed by atoms with Gasteiger partial charge < -0.3 is 4.74 Å². The van der Waals surface area contributed by atoms with E-state index in [-0.39, 0.29) is 12.0 Å². The van der Waals surface area contributed by atoms with Gasteiger partial charge in [-0.15, -0.1) is 0 Å². The number of hydrogen-bond acceptors (Lipinski definition) is 3. The number of halogens is 1. The maximum atomic E-state index is 13.4. The minimum Gasteiger partial charge on any atom is -0.491 e. The molecular weight excluding hydrogens is 283 g/mol. The Kier molecular flexibility index (Phi) is 5.25. The van der Waals surface area contributed by atoms with Gasteiger partial charge in [0.1, 0.15) is 11.6 Å². The van der Waals surface area contributed by atoms with E-state index in [0.29, 0.717) is 16.9 Å². The van der Waals surface area contributed by atoms with Crippen LogP contribution in [0.2, 0.25) is 0 Å². The molecule has 0 fully saturated rings. The van der Waals surface area contributed by atoms with Crippen molar-refractivity contribution in [1.82, 2.24) is 5.43 Å². The van der Waals surface area contributed by atoms with E-state index < -0.39 is 5.82 Å². The minimum absolute atomic E-state index is 0.0741. The molecule has 0 aliphatic carbocycles. The Labute approximate surface area is 128 Å². The first kappa shape index (κ1) is 15.7. The lowest BCUT2D eigenvalue weighted by molar-refractivity contribution is 0.0955. The van der Waals surface area contributed by atoms with Gasteiger partial charge in [-0.05, 0) is 44.2 Å². The Bertz CT molecular complexity index is 667. The summed E-state index contributed by atoms with van der Waals surface area (Å²) >= 11 is 0. The van der Waals surface area contributed by atoms with Crippen molar-refractivity contribution in [2.75, 3.05) is 0 Å². The number of hydrogen-bond donors (Lipinski definition) is 1. The Morgan fingerprint density at radius 1 is 1.18 bits per heavy atom. The second-order valence-electron chi connectivity index (χ2n) is 4.91. The van der Waals surface area contributed by atoms with E-state index in [4.69, 9.17) is 4.74 Å². The number of nitrogens with zero attached hydrogens (tertiary/aromatic N) is 1. The normalized spacial score (nSPS) is 10.9. The second-order valence-corrected chi connectivity index (χ2v) is 4.91. The molecule has 0 heterocycles. The van der Waals surface area contributed by atoms with Crippen molar-refractivity contribution in [1.29, 1.82) is 0 Å². The van der Waals surface area contributed by atoms with Crippen LogP contribution in [0.5, 0.6) is 5.75 Å². The zero-order chi connectivity index (χ0) is 15.9. The highest BCUT2D eigenvalue weighted by molar-refractivity contribution is 5.95. The molecule has 0 saturated heterocycles. The van der Waals surface area contributed by atoms with Gasteiger partial charge in [0.25, 0.3) is 5.91 Å². The highest BCUT2D eigenvalue weighted by Crippen LogP contribution is 2.13. The third kappa shape index (κ3) is 4.41. The fourth-order valence-corrected chi connectivity index (χ4v) is 1.76. The van der Waals surface area contributed by atoms with Crippen molar-refractivity contribution < 1.29 is 13.9 Å². The molecule has 1 N–H and O–H groups in total. The van der Waals surface area contributed by atoms with Gasteiger partial charge in [0, 0.05) is 11.1 Å².